The lowest BCUT2D eigenvalue weighted by atomic mass is 9.91. The monoisotopic (exact) mass is 713 g/mol. The third-order valence-electron chi connectivity index (χ3n) is 11.2. The van der Waals surface area contributed by atoms with Gasteiger partial charge < -0.3 is 9.32 Å². The van der Waals surface area contributed by atoms with Crippen molar-refractivity contribution in [1.82, 2.24) is 0 Å². The van der Waals surface area contributed by atoms with Gasteiger partial charge in [-0.05, 0) is 109 Å². The summed E-state index contributed by atoms with van der Waals surface area (Å²) in [6, 6.07) is 76.4. The van der Waals surface area contributed by atoms with Gasteiger partial charge in [-0.25, -0.2) is 0 Å². The van der Waals surface area contributed by atoms with Gasteiger partial charge in [0.2, 0.25) is 0 Å². The van der Waals surface area contributed by atoms with Crippen LogP contribution >= 0.6 is 0 Å². The highest BCUT2D eigenvalue weighted by molar-refractivity contribution is 6.19. The number of nitrogens with zero attached hydrogens (tertiary/aromatic N) is 1. The average molecular weight is 714 g/mol. The van der Waals surface area contributed by atoms with Crippen molar-refractivity contribution in [2.45, 2.75) is 0 Å². The molecule has 0 saturated heterocycles. The van der Waals surface area contributed by atoms with E-state index in [1.54, 1.807) is 0 Å². The summed E-state index contributed by atoms with van der Waals surface area (Å²) in [6.07, 6.45) is 0. The zero-order valence-corrected chi connectivity index (χ0v) is 30.6. The Morgan fingerprint density at radius 3 is 1.64 bits per heavy atom. The fourth-order valence-corrected chi connectivity index (χ4v) is 8.55. The number of rotatable bonds is 6. The molecule has 0 radical (unpaired) electrons. The van der Waals surface area contributed by atoms with Gasteiger partial charge in [-0.15, -0.1) is 0 Å². The maximum absolute atomic E-state index is 6.68. The highest BCUT2D eigenvalue weighted by Gasteiger charge is 2.21. The van der Waals surface area contributed by atoms with Gasteiger partial charge in [0, 0.05) is 22.1 Å². The van der Waals surface area contributed by atoms with Crippen molar-refractivity contribution in [3.8, 4) is 33.4 Å². The largest absolute Gasteiger partial charge is 0.455 e. The van der Waals surface area contributed by atoms with Crippen LogP contribution in [0.15, 0.2) is 217 Å². The first-order valence-electron chi connectivity index (χ1n) is 19.2. The molecule has 0 unspecified atom stereocenters. The van der Waals surface area contributed by atoms with Crippen LogP contribution in [-0.4, -0.2) is 0 Å². The molecule has 2 nitrogen and oxygen atoms in total. The summed E-state index contributed by atoms with van der Waals surface area (Å²) >= 11 is 0. The maximum atomic E-state index is 6.68. The van der Waals surface area contributed by atoms with Crippen LogP contribution in [0.4, 0.5) is 17.1 Å². The molecule has 0 atom stereocenters. The molecule has 0 saturated carbocycles. The van der Waals surface area contributed by atoms with E-state index in [0.29, 0.717) is 0 Å². The Morgan fingerprint density at radius 2 is 0.893 bits per heavy atom. The molecule has 0 aliphatic heterocycles. The van der Waals surface area contributed by atoms with Crippen LogP contribution in [0.5, 0.6) is 0 Å². The van der Waals surface area contributed by atoms with Gasteiger partial charge in [0.1, 0.15) is 11.2 Å². The Balaban J connectivity index is 1.08. The van der Waals surface area contributed by atoms with E-state index >= 15 is 0 Å². The van der Waals surface area contributed by atoms with Crippen molar-refractivity contribution in [2.75, 3.05) is 4.90 Å². The molecule has 11 aromatic rings. The Morgan fingerprint density at radius 1 is 0.321 bits per heavy atom. The number of fused-ring (bicyclic) bond motifs is 7. The molecular weight excluding hydrogens is 679 g/mol. The molecule has 0 spiro atoms. The van der Waals surface area contributed by atoms with Crippen LogP contribution in [0.25, 0.3) is 87.6 Å². The van der Waals surface area contributed by atoms with Crippen molar-refractivity contribution >= 4 is 71.3 Å². The van der Waals surface area contributed by atoms with Crippen molar-refractivity contribution in [3.05, 3.63) is 212 Å². The van der Waals surface area contributed by atoms with Crippen LogP contribution in [0.2, 0.25) is 0 Å². The smallest absolute Gasteiger partial charge is 0.143 e. The van der Waals surface area contributed by atoms with E-state index in [0.717, 1.165) is 44.4 Å². The first-order chi connectivity index (χ1) is 27.8. The summed E-state index contributed by atoms with van der Waals surface area (Å²) in [7, 11) is 0. The minimum absolute atomic E-state index is 0.868. The molecule has 1 aromatic heterocycles. The molecule has 56 heavy (non-hydrogen) atoms. The standard InChI is InChI=1S/C54H35NO/c1-2-12-38(13-3-1)46-19-8-16-41-17-9-20-47(52(41)46)40-27-32-45(33-28-40)55(44-30-25-37(26-31-44)43-24-23-36-11-4-5-15-42(36)35-43)50-21-10-22-51-53(50)49-34-29-39-14-6-7-18-48(39)54(49)56-51/h1-35H. The highest BCUT2D eigenvalue weighted by atomic mass is 16.3. The van der Waals surface area contributed by atoms with Crippen LogP contribution in [0.3, 0.4) is 0 Å². The van der Waals surface area contributed by atoms with Gasteiger partial charge in [0.15, 0.2) is 0 Å². The predicted octanol–water partition coefficient (Wildman–Crippen LogP) is 15.5. The minimum atomic E-state index is 0.868. The van der Waals surface area contributed by atoms with Crippen LogP contribution in [0, 0.1) is 0 Å². The van der Waals surface area contributed by atoms with E-state index in [4.69, 9.17) is 4.42 Å². The summed E-state index contributed by atoms with van der Waals surface area (Å²) in [6.45, 7) is 0. The van der Waals surface area contributed by atoms with Crippen LogP contribution in [0.1, 0.15) is 0 Å². The summed E-state index contributed by atoms with van der Waals surface area (Å²) in [5.74, 6) is 0. The molecule has 0 bridgehead atoms. The number of hydrogen-bond acceptors (Lipinski definition) is 2. The molecule has 2 heteroatoms. The van der Waals surface area contributed by atoms with Crippen molar-refractivity contribution in [3.63, 3.8) is 0 Å². The fraction of sp³-hybridized carbons (Fsp3) is 0. The van der Waals surface area contributed by atoms with Gasteiger partial charge in [-0.1, -0.05) is 164 Å². The summed E-state index contributed by atoms with van der Waals surface area (Å²) < 4.78 is 6.68. The molecule has 0 amide bonds. The fourth-order valence-electron chi connectivity index (χ4n) is 8.55. The first kappa shape index (κ1) is 32.0. The Hall–Kier alpha value is -7.42. The lowest BCUT2D eigenvalue weighted by molar-refractivity contribution is 0.672. The second-order valence-corrected chi connectivity index (χ2v) is 14.5. The van der Waals surface area contributed by atoms with Crippen LogP contribution in [-0.2, 0) is 0 Å². The number of hydrogen-bond donors (Lipinski definition) is 0. The van der Waals surface area contributed by atoms with Gasteiger partial charge in [0.25, 0.3) is 0 Å². The van der Waals surface area contributed by atoms with Gasteiger partial charge in [0.05, 0.1) is 11.1 Å². The number of anilines is 3. The van der Waals surface area contributed by atoms with Gasteiger partial charge in [-0.3, -0.25) is 0 Å². The summed E-state index contributed by atoms with van der Waals surface area (Å²) in [4.78, 5) is 2.37. The molecule has 10 aromatic carbocycles. The normalized spacial score (nSPS) is 11.6. The second-order valence-electron chi connectivity index (χ2n) is 14.5. The molecule has 1 heterocycles. The first-order valence-corrected chi connectivity index (χ1v) is 19.2. The van der Waals surface area contributed by atoms with E-state index in [2.05, 4.69) is 217 Å². The highest BCUT2D eigenvalue weighted by Crippen LogP contribution is 2.45. The molecule has 0 aliphatic carbocycles. The molecule has 0 aliphatic rings. The average Bonchev–Trinajstić information content (AvgIpc) is 3.67. The Labute approximate surface area is 325 Å². The van der Waals surface area contributed by atoms with E-state index < -0.39 is 0 Å². The zero-order chi connectivity index (χ0) is 37.0. The van der Waals surface area contributed by atoms with Crippen LogP contribution < -0.4 is 4.90 Å². The number of benzene rings is 10. The number of furan rings is 1. The molecule has 0 fully saturated rings. The molecular formula is C54H35NO. The predicted molar refractivity (Wildman–Crippen MR) is 237 cm³/mol. The zero-order valence-electron chi connectivity index (χ0n) is 30.6. The third kappa shape index (κ3) is 5.34. The lowest BCUT2D eigenvalue weighted by Crippen LogP contribution is -2.10. The Bertz CT molecular complexity index is 3230. The Kier molecular flexibility index (Phi) is 7.53. The molecule has 262 valence electrons. The second kappa shape index (κ2) is 13.2. The van der Waals surface area contributed by atoms with E-state index in [1.165, 1.54) is 60.3 Å². The van der Waals surface area contributed by atoms with Crippen molar-refractivity contribution < 1.29 is 4.42 Å². The summed E-state index contributed by atoms with van der Waals surface area (Å²) in [5.41, 5.74) is 12.2. The van der Waals surface area contributed by atoms with Gasteiger partial charge in [-0.2, -0.15) is 0 Å². The molecule has 0 N–H and O–H groups in total. The summed E-state index contributed by atoms with van der Waals surface area (Å²) in [5, 5.41) is 9.46. The maximum Gasteiger partial charge on any atom is 0.143 e. The SMILES string of the molecule is c1ccc(-c2cccc3cccc(-c4ccc(N(c5ccc(-c6ccc7ccccc7c6)cc5)c5cccc6oc7c8ccccc8ccc7c56)cc4)c23)cc1. The van der Waals surface area contributed by atoms with Crippen molar-refractivity contribution in [1.29, 1.82) is 0 Å². The van der Waals surface area contributed by atoms with Gasteiger partial charge >= 0.3 is 0 Å². The quantitative estimate of drug-likeness (QED) is 0.171. The van der Waals surface area contributed by atoms with E-state index in [-0.39, 0.29) is 0 Å². The molecule has 11 rings (SSSR count). The van der Waals surface area contributed by atoms with Crippen molar-refractivity contribution in [2.24, 2.45) is 0 Å². The third-order valence-corrected chi connectivity index (χ3v) is 11.2. The van der Waals surface area contributed by atoms with E-state index in [9.17, 15) is 0 Å². The van der Waals surface area contributed by atoms with E-state index in [1.807, 2.05) is 0 Å². The lowest BCUT2D eigenvalue weighted by Gasteiger charge is -2.27. The minimum Gasteiger partial charge on any atom is -0.455 e. The topological polar surface area (TPSA) is 16.4 Å².